The summed E-state index contributed by atoms with van der Waals surface area (Å²) in [7, 11) is 5.42. The fraction of sp³-hybridized carbons (Fsp3) is 0.429. The zero-order valence-electron chi connectivity index (χ0n) is 12.1. The number of carbonyl (C=O) groups excluding carboxylic acids is 1. The minimum Gasteiger partial charge on any atom is -0.481 e. The van der Waals surface area contributed by atoms with Gasteiger partial charge in [0.1, 0.15) is 0 Å². The molecule has 0 aromatic rings. The van der Waals surface area contributed by atoms with Crippen LogP contribution in [0, 0.1) is 0 Å². The van der Waals surface area contributed by atoms with Crippen LogP contribution in [0.4, 0.5) is 18.0 Å². The Morgan fingerprint density at radius 2 is 2.04 bits per heavy atom. The highest BCUT2D eigenvalue weighted by Crippen LogP contribution is 2.46. The molecule has 1 fully saturated rings. The minimum absolute atomic E-state index is 0.00689. The lowest BCUT2D eigenvalue weighted by Gasteiger charge is -2.28. The van der Waals surface area contributed by atoms with E-state index in [0.29, 0.717) is 0 Å². The number of carboxylic acids is 1. The van der Waals surface area contributed by atoms with E-state index in [9.17, 15) is 22.8 Å². The van der Waals surface area contributed by atoms with E-state index in [1.54, 1.807) is 0 Å². The number of hydrogen-bond acceptors (Lipinski definition) is 2. The second-order valence-corrected chi connectivity index (χ2v) is 5.28. The third-order valence-electron chi connectivity index (χ3n) is 3.63. The van der Waals surface area contributed by atoms with Gasteiger partial charge in [0.15, 0.2) is 0 Å². The molecule has 23 heavy (non-hydrogen) atoms. The number of urea groups is 1. The molecule has 2 rings (SSSR count). The third-order valence-corrected chi connectivity index (χ3v) is 3.63. The molecular weight excluding hydrogens is 312 g/mol. The molecule has 9 heteroatoms. The second-order valence-electron chi connectivity index (χ2n) is 5.28. The molecular formula is C14H14BF3N2O3. The standard InChI is InChI=1S/C14H14BF3N2O3/c15-13(14(16,17)18)5-2-1-3-10(9-13)20-8-7-19(12(20)23)6-4-11(21)22/h1-3,5,9H,4,6-8H2,(H,21,22). The van der Waals surface area contributed by atoms with E-state index in [1.807, 2.05) is 0 Å². The molecule has 0 bridgehead atoms. The maximum Gasteiger partial charge on any atom is 0.393 e. The van der Waals surface area contributed by atoms with Crippen molar-refractivity contribution in [2.24, 2.45) is 0 Å². The fourth-order valence-corrected chi connectivity index (χ4v) is 2.31. The number of allylic oxidation sites excluding steroid dienone is 5. The largest absolute Gasteiger partial charge is 0.481 e. The van der Waals surface area contributed by atoms with Crippen molar-refractivity contribution in [3.05, 3.63) is 36.1 Å². The van der Waals surface area contributed by atoms with Crippen molar-refractivity contribution >= 4 is 19.8 Å². The average Bonchev–Trinajstić information content (AvgIpc) is 2.66. The predicted octanol–water partition coefficient (Wildman–Crippen LogP) is 2.10. The van der Waals surface area contributed by atoms with Gasteiger partial charge in [0.25, 0.3) is 0 Å². The monoisotopic (exact) mass is 326 g/mol. The van der Waals surface area contributed by atoms with Gasteiger partial charge in [0.2, 0.25) is 0 Å². The first-order chi connectivity index (χ1) is 10.6. The molecule has 0 saturated carbocycles. The van der Waals surface area contributed by atoms with Crippen LogP contribution in [-0.2, 0) is 4.79 Å². The maximum absolute atomic E-state index is 13.1. The first-order valence-corrected chi connectivity index (χ1v) is 6.87. The Balaban J connectivity index is 2.21. The van der Waals surface area contributed by atoms with E-state index in [0.717, 1.165) is 12.2 Å². The zero-order valence-corrected chi connectivity index (χ0v) is 12.1. The molecule has 2 aliphatic rings. The summed E-state index contributed by atoms with van der Waals surface area (Å²) in [6, 6.07) is -0.534. The van der Waals surface area contributed by atoms with Gasteiger partial charge < -0.3 is 10.0 Å². The number of hydrogen-bond donors (Lipinski definition) is 1. The highest BCUT2D eigenvalue weighted by Gasteiger charge is 2.48. The number of halogens is 3. The van der Waals surface area contributed by atoms with Crippen LogP contribution in [0.15, 0.2) is 36.1 Å². The Hall–Kier alpha value is -2.19. The van der Waals surface area contributed by atoms with E-state index in [1.165, 1.54) is 28.0 Å². The van der Waals surface area contributed by atoms with Crippen molar-refractivity contribution in [3.63, 3.8) is 0 Å². The Kier molecular flexibility index (Phi) is 4.58. The molecule has 0 aromatic heterocycles. The van der Waals surface area contributed by atoms with Gasteiger partial charge in [-0.25, -0.2) is 4.79 Å². The van der Waals surface area contributed by atoms with Crippen LogP contribution in [0.1, 0.15) is 6.42 Å². The number of carboxylic acid groups (broad SMARTS) is 1. The normalized spacial score (nSPS) is 24.8. The summed E-state index contributed by atoms with van der Waals surface area (Å²) in [5, 5.41) is 5.98. The summed E-state index contributed by atoms with van der Waals surface area (Å²) >= 11 is 0. The molecule has 0 aromatic carbocycles. The zero-order chi connectivity index (χ0) is 17.3. The number of alkyl halides is 3. The van der Waals surface area contributed by atoms with Crippen molar-refractivity contribution in [3.8, 4) is 0 Å². The van der Waals surface area contributed by atoms with Crippen LogP contribution in [0.2, 0.25) is 5.31 Å². The lowest BCUT2D eigenvalue weighted by atomic mass is 9.67. The van der Waals surface area contributed by atoms with Gasteiger partial charge in [-0.05, 0) is 6.08 Å². The highest BCUT2D eigenvalue weighted by molar-refractivity contribution is 6.19. The van der Waals surface area contributed by atoms with E-state index < -0.39 is 23.5 Å². The van der Waals surface area contributed by atoms with Gasteiger partial charge in [0, 0.05) is 25.3 Å². The summed E-state index contributed by atoms with van der Waals surface area (Å²) in [5.74, 6) is -1.05. The highest BCUT2D eigenvalue weighted by atomic mass is 19.4. The Labute approximate surface area is 132 Å². The molecule has 1 N–H and O–H groups in total. The van der Waals surface area contributed by atoms with Crippen molar-refractivity contribution in [2.45, 2.75) is 17.9 Å². The smallest absolute Gasteiger partial charge is 0.393 e. The minimum atomic E-state index is -4.70. The first-order valence-electron chi connectivity index (χ1n) is 6.87. The topological polar surface area (TPSA) is 60.9 Å². The van der Waals surface area contributed by atoms with E-state index in [4.69, 9.17) is 13.0 Å². The summed E-state index contributed by atoms with van der Waals surface area (Å²) in [6.45, 7) is 0.420. The molecule has 0 spiro atoms. The molecule has 5 nitrogen and oxygen atoms in total. The van der Waals surface area contributed by atoms with Gasteiger partial charge in [-0.1, -0.05) is 24.3 Å². The summed E-state index contributed by atoms with van der Waals surface area (Å²) in [6.07, 6.45) is 0.616. The number of nitrogens with zero attached hydrogens (tertiary/aromatic N) is 2. The molecule has 122 valence electrons. The van der Waals surface area contributed by atoms with Gasteiger partial charge in [-0.2, -0.15) is 13.2 Å². The van der Waals surface area contributed by atoms with Crippen LogP contribution in [-0.4, -0.2) is 60.6 Å². The van der Waals surface area contributed by atoms with E-state index >= 15 is 0 Å². The average molecular weight is 326 g/mol. The van der Waals surface area contributed by atoms with Gasteiger partial charge in [0.05, 0.1) is 19.6 Å². The fourth-order valence-electron chi connectivity index (χ4n) is 2.31. The van der Waals surface area contributed by atoms with Crippen molar-refractivity contribution in [2.75, 3.05) is 19.6 Å². The Bertz CT molecular complexity index is 601. The quantitative estimate of drug-likeness (QED) is 0.805. The van der Waals surface area contributed by atoms with Crippen LogP contribution in [0.25, 0.3) is 0 Å². The van der Waals surface area contributed by atoms with Gasteiger partial charge in [-0.3, -0.25) is 9.69 Å². The molecule has 1 saturated heterocycles. The van der Waals surface area contributed by atoms with Crippen molar-refractivity contribution in [1.29, 1.82) is 0 Å². The van der Waals surface area contributed by atoms with Crippen molar-refractivity contribution in [1.82, 2.24) is 9.80 Å². The Morgan fingerprint density at radius 1 is 1.35 bits per heavy atom. The van der Waals surface area contributed by atoms with Crippen molar-refractivity contribution < 1.29 is 27.9 Å². The van der Waals surface area contributed by atoms with Crippen LogP contribution >= 0.6 is 0 Å². The molecule has 1 unspecified atom stereocenters. The lowest BCUT2D eigenvalue weighted by molar-refractivity contribution is -0.142. The predicted molar refractivity (Wildman–Crippen MR) is 76.8 cm³/mol. The SMILES string of the molecule is [B]C1(C(F)(F)F)C=CC=CC(N2CCN(CCC(=O)O)C2=O)=C1. The summed E-state index contributed by atoms with van der Waals surface area (Å²) in [5.41, 5.74) is 0.0395. The molecule has 1 aliphatic heterocycles. The van der Waals surface area contributed by atoms with E-state index in [-0.39, 0.29) is 31.8 Å². The lowest BCUT2D eigenvalue weighted by Crippen LogP contribution is -2.34. The molecule has 1 atom stereocenters. The van der Waals surface area contributed by atoms with Crippen LogP contribution < -0.4 is 0 Å². The number of rotatable bonds is 4. The second kappa shape index (κ2) is 6.13. The van der Waals surface area contributed by atoms with Crippen LogP contribution in [0.5, 0.6) is 0 Å². The Morgan fingerprint density at radius 3 is 2.65 bits per heavy atom. The summed E-state index contributed by atoms with van der Waals surface area (Å²) in [4.78, 5) is 25.2. The number of carbonyl (C=O) groups is 2. The number of aliphatic carboxylic acids is 1. The molecule has 2 amide bonds. The van der Waals surface area contributed by atoms with Gasteiger partial charge >= 0.3 is 18.2 Å². The van der Waals surface area contributed by atoms with Gasteiger partial charge in [-0.15, -0.1) is 0 Å². The van der Waals surface area contributed by atoms with Crippen LogP contribution in [0.3, 0.4) is 0 Å². The van der Waals surface area contributed by atoms with E-state index in [2.05, 4.69) is 0 Å². The first kappa shape index (κ1) is 17.2. The number of amides is 2. The molecule has 1 aliphatic carbocycles. The third kappa shape index (κ3) is 3.60. The maximum atomic E-state index is 13.1. The molecule has 1 heterocycles. The molecule has 2 radical (unpaired) electrons. The summed E-state index contributed by atoms with van der Waals surface area (Å²) < 4.78 is 39.4.